The largest absolute Gasteiger partial charge is 0.461 e. The normalized spacial score (nSPS) is 12.1. The molecule has 1 heterocycles. The third kappa shape index (κ3) is 2.92. The molecule has 186 valence electrons. The molecule has 0 fully saturated rings. The van der Waals surface area contributed by atoms with E-state index in [0.717, 1.165) is 16.7 Å². The van der Waals surface area contributed by atoms with Crippen molar-refractivity contribution < 1.29 is 4.42 Å². The van der Waals surface area contributed by atoms with Crippen molar-refractivity contribution >= 4 is 64.8 Å². The summed E-state index contributed by atoms with van der Waals surface area (Å²) in [6.45, 7) is 2.01. The van der Waals surface area contributed by atoms with Crippen LogP contribution in [0.5, 0.6) is 0 Å². The molecule has 8 aromatic carbocycles. The Kier molecular flexibility index (Phi) is 4.32. The molecule has 0 amide bonds. The number of rotatable bonds is 2. The second kappa shape index (κ2) is 7.94. The number of aryl methyl sites for hydroxylation is 1. The first-order chi connectivity index (χ1) is 19.7. The van der Waals surface area contributed by atoms with Gasteiger partial charge in [-0.15, -0.1) is 0 Å². The van der Waals surface area contributed by atoms with Crippen molar-refractivity contribution in [2.45, 2.75) is 6.92 Å². The molecule has 0 spiro atoms. The molecule has 1 aromatic heterocycles. The smallest absolute Gasteiger partial charge is 0.134 e. The lowest BCUT2D eigenvalue weighted by Gasteiger charge is -2.20. The van der Waals surface area contributed by atoms with E-state index in [-0.39, 0.29) is 0 Å². The van der Waals surface area contributed by atoms with Gasteiger partial charge in [0, 0.05) is 5.39 Å². The molecule has 0 atom stereocenters. The summed E-state index contributed by atoms with van der Waals surface area (Å²) in [6.07, 6.45) is 0. The van der Waals surface area contributed by atoms with Crippen molar-refractivity contribution in [3.63, 3.8) is 0 Å². The fourth-order valence-corrected chi connectivity index (χ4v) is 7.01. The molecule has 0 radical (unpaired) electrons. The van der Waals surface area contributed by atoms with E-state index in [4.69, 9.17) is 4.42 Å². The summed E-state index contributed by atoms with van der Waals surface area (Å²) in [7, 11) is 0. The summed E-state index contributed by atoms with van der Waals surface area (Å²) in [6, 6.07) is 46.9. The van der Waals surface area contributed by atoms with Crippen LogP contribution in [0.25, 0.3) is 87.1 Å². The number of furan rings is 1. The molecule has 0 unspecified atom stereocenters. The highest BCUT2D eigenvalue weighted by atomic mass is 16.3. The monoisotopic (exact) mass is 508 g/mol. The second-order valence-electron chi connectivity index (χ2n) is 10.9. The van der Waals surface area contributed by atoms with E-state index in [1.165, 1.54) is 76.1 Å². The quantitative estimate of drug-likeness (QED) is 0.167. The van der Waals surface area contributed by atoms with Crippen LogP contribution in [0.1, 0.15) is 5.76 Å². The molecule has 0 aliphatic heterocycles. The van der Waals surface area contributed by atoms with Crippen molar-refractivity contribution in [2.75, 3.05) is 0 Å². The molecule has 0 bridgehead atoms. The van der Waals surface area contributed by atoms with E-state index in [2.05, 4.69) is 127 Å². The standard InChI is InChI=1S/C39H24O/c1-23-21-28-22-27(17-20-35(28)40-23)37-29-9-2-4-11-31(29)39(32-12-5-3-10-30(32)37)34-19-16-26-14-13-24-7-6-8-25-15-18-33(34)38(26)36(24)25/h2-22H,1H3. The van der Waals surface area contributed by atoms with Gasteiger partial charge in [-0.2, -0.15) is 0 Å². The van der Waals surface area contributed by atoms with Gasteiger partial charge in [0.25, 0.3) is 0 Å². The topological polar surface area (TPSA) is 13.1 Å². The Labute approximate surface area is 231 Å². The summed E-state index contributed by atoms with van der Waals surface area (Å²) in [4.78, 5) is 0. The van der Waals surface area contributed by atoms with E-state index in [0.29, 0.717) is 0 Å². The van der Waals surface area contributed by atoms with Gasteiger partial charge in [0.1, 0.15) is 11.3 Å². The molecule has 0 aliphatic rings. The third-order valence-corrected chi connectivity index (χ3v) is 8.66. The van der Waals surface area contributed by atoms with Crippen molar-refractivity contribution in [3.8, 4) is 22.3 Å². The molecule has 1 heteroatoms. The van der Waals surface area contributed by atoms with E-state index in [1.54, 1.807) is 0 Å². The minimum atomic E-state index is 0.931. The van der Waals surface area contributed by atoms with Crippen LogP contribution in [0.4, 0.5) is 0 Å². The minimum absolute atomic E-state index is 0.931. The molecule has 0 saturated carbocycles. The number of benzene rings is 8. The Bertz CT molecular complexity index is 2370. The predicted octanol–water partition coefficient (Wildman–Crippen LogP) is 11.3. The lowest BCUT2D eigenvalue weighted by Crippen LogP contribution is -1.92. The van der Waals surface area contributed by atoms with Crippen LogP contribution in [0.3, 0.4) is 0 Å². The van der Waals surface area contributed by atoms with Gasteiger partial charge in [-0.3, -0.25) is 0 Å². The first-order valence-electron chi connectivity index (χ1n) is 13.9. The van der Waals surface area contributed by atoms with Crippen LogP contribution in [0, 0.1) is 6.92 Å². The predicted molar refractivity (Wildman–Crippen MR) is 171 cm³/mol. The van der Waals surface area contributed by atoms with Crippen molar-refractivity contribution in [1.29, 1.82) is 0 Å². The average Bonchev–Trinajstić information content (AvgIpc) is 3.38. The maximum atomic E-state index is 5.90. The van der Waals surface area contributed by atoms with Gasteiger partial charge in [-0.05, 0) is 101 Å². The van der Waals surface area contributed by atoms with Crippen molar-refractivity contribution in [2.24, 2.45) is 0 Å². The van der Waals surface area contributed by atoms with Gasteiger partial charge in [0.2, 0.25) is 0 Å². The van der Waals surface area contributed by atoms with Gasteiger partial charge in [0.05, 0.1) is 0 Å². The van der Waals surface area contributed by atoms with Crippen LogP contribution in [0.2, 0.25) is 0 Å². The SMILES string of the molecule is Cc1cc2cc(-c3c4ccccc4c(-c4ccc5ccc6cccc7ccc4c5c67)c4ccccc34)ccc2o1. The van der Waals surface area contributed by atoms with Crippen LogP contribution < -0.4 is 0 Å². The lowest BCUT2D eigenvalue weighted by molar-refractivity contribution is 0.578. The van der Waals surface area contributed by atoms with Crippen LogP contribution >= 0.6 is 0 Å². The number of hydrogen-bond acceptors (Lipinski definition) is 1. The molecular weight excluding hydrogens is 484 g/mol. The van der Waals surface area contributed by atoms with Crippen LogP contribution in [-0.4, -0.2) is 0 Å². The van der Waals surface area contributed by atoms with Gasteiger partial charge in [-0.25, -0.2) is 0 Å². The van der Waals surface area contributed by atoms with Gasteiger partial charge in [-0.1, -0.05) is 109 Å². The van der Waals surface area contributed by atoms with Gasteiger partial charge in [0.15, 0.2) is 0 Å². The van der Waals surface area contributed by atoms with Gasteiger partial charge >= 0.3 is 0 Å². The molecule has 0 N–H and O–H groups in total. The third-order valence-electron chi connectivity index (χ3n) is 8.66. The zero-order chi connectivity index (χ0) is 26.4. The zero-order valence-corrected chi connectivity index (χ0v) is 22.0. The Balaban J connectivity index is 1.44. The summed E-state index contributed by atoms with van der Waals surface area (Å²) >= 11 is 0. The highest BCUT2D eigenvalue weighted by Gasteiger charge is 2.19. The van der Waals surface area contributed by atoms with Crippen molar-refractivity contribution in [1.82, 2.24) is 0 Å². The van der Waals surface area contributed by atoms with E-state index in [9.17, 15) is 0 Å². The maximum absolute atomic E-state index is 5.90. The Morgan fingerprint density at radius 3 is 1.73 bits per heavy atom. The Morgan fingerprint density at radius 1 is 0.425 bits per heavy atom. The van der Waals surface area contributed by atoms with Gasteiger partial charge < -0.3 is 4.42 Å². The Hall–Kier alpha value is -5.14. The average molecular weight is 509 g/mol. The first-order valence-corrected chi connectivity index (χ1v) is 13.9. The molecule has 40 heavy (non-hydrogen) atoms. The second-order valence-corrected chi connectivity index (χ2v) is 10.9. The molecule has 0 saturated heterocycles. The van der Waals surface area contributed by atoms with Crippen molar-refractivity contribution in [3.05, 3.63) is 133 Å². The number of hydrogen-bond donors (Lipinski definition) is 0. The molecule has 9 rings (SSSR count). The first kappa shape index (κ1) is 21.8. The highest BCUT2D eigenvalue weighted by molar-refractivity contribution is 6.29. The molecule has 0 aliphatic carbocycles. The van der Waals surface area contributed by atoms with Crippen LogP contribution in [-0.2, 0) is 0 Å². The summed E-state index contributed by atoms with van der Waals surface area (Å²) < 4.78 is 5.90. The van der Waals surface area contributed by atoms with E-state index >= 15 is 0 Å². The van der Waals surface area contributed by atoms with E-state index in [1.807, 2.05) is 6.92 Å². The minimum Gasteiger partial charge on any atom is -0.461 e. The summed E-state index contributed by atoms with van der Waals surface area (Å²) in [5.41, 5.74) is 6.00. The molecule has 1 nitrogen and oxygen atoms in total. The number of fused-ring (bicyclic) bond motifs is 3. The van der Waals surface area contributed by atoms with E-state index < -0.39 is 0 Å². The highest BCUT2D eigenvalue weighted by Crippen LogP contribution is 2.47. The fraction of sp³-hybridized carbons (Fsp3) is 0.0256. The zero-order valence-electron chi connectivity index (χ0n) is 22.0. The Morgan fingerprint density at radius 2 is 1.02 bits per heavy atom. The lowest BCUT2D eigenvalue weighted by atomic mass is 9.83. The molecule has 9 aromatic rings. The van der Waals surface area contributed by atoms with Crippen LogP contribution in [0.15, 0.2) is 132 Å². The maximum Gasteiger partial charge on any atom is 0.134 e. The summed E-state index contributed by atoms with van der Waals surface area (Å²) in [5.74, 6) is 0.936. The summed E-state index contributed by atoms with van der Waals surface area (Å²) in [5, 5.41) is 14.1. The fourth-order valence-electron chi connectivity index (χ4n) is 7.01. The molecular formula is C39H24O.